The normalized spacial score (nSPS) is 16.6. The first-order valence-electron chi connectivity index (χ1n) is 5.61. The van der Waals surface area contributed by atoms with Gasteiger partial charge in [-0.1, -0.05) is 0 Å². The predicted molar refractivity (Wildman–Crippen MR) is 66.2 cm³/mol. The molecule has 6 heteroatoms. The number of ether oxygens (including phenoxy) is 1. The van der Waals surface area contributed by atoms with E-state index in [1.165, 1.54) is 0 Å². The van der Waals surface area contributed by atoms with Gasteiger partial charge in [0.2, 0.25) is 5.91 Å². The third kappa shape index (κ3) is 3.05. The number of amides is 1. The van der Waals surface area contributed by atoms with Crippen LogP contribution in [0.15, 0.2) is 16.6 Å². The first-order valence-corrected chi connectivity index (χ1v) is 6.40. The molecule has 1 amide bonds. The van der Waals surface area contributed by atoms with Gasteiger partial charge in [-0.25, -0.2) is 8.78 Å². The Morgan fingerprint density at radius 1 is 1.33 bits per heavy atom. The second-order valence-corrected chi connectivity index (χ2v) is 4.98. The zero-order valence-electron chi connectivity index (χ0n) is 9.51. The molecule has 1 fully saturated rings. The van der Waals surface area contributed by atoms with Gasteiger partial charge >= 0.3 is 0 Å². The summed E-state index contributed by atoms with van der Waals surface area (Å²) >= 11 is 2.90. The fourth-order valence-corrected chi connectivity index (χ4v) is 2.27. The van der Waals surface area contributed by atoms with Crippen molar-refractivity contribution in [3.63, 3.8) is 0 Å². The summed E-state index contributed by atoms with van der Waals surface area (Å²) in [5.74, 6) is -1.78. The molecule has 0 saturated carbocycles. The first-order chi connectivity index (χ1) is 8.58. The van der Waals surface area contributed by atoms with E-state index >= 15 is 0 Å². The highest BCUT2D eigenvalue weighted by Gasteiger charge is 2.23. The monoisotopic (exact) mass is 319 g/mol. The highest BCUT2D eigenvalue weighted by Crippen LogP contribution is 2.26. The van der Waals surface area contributed by atoms with E-state index in [4.69, 9.17) is 4.74 Å². The Labute approximate surface area is 112 Å². The van der Waals surface area contributed by atoms with Crippen molar-refractivity contribution in [2.24, 2.45) is 5.92 Å². The van der Waals surface area contributed by atoms with Crippen LogP contribution in [-0.2, 0) is 9.53 Å². The van der Waals surface area contributed by atoms with Gasteiger partial charge in [-0.15, -0.1) is 0 Å². The number of hydrogen-bond acceptors (Lipinski definition) is 2. The maximum atomic E-state index is 13.7. The topological polar surface area (TPSA) is 38.3 Å². The first kappa shape index (κ1) is 13.4. The summed E-state index contributed by atoms with van der Waals surface area (Å²) in [7, 11) is 0. The number of rotatable bonds is 2. The minimum absolute atomic E-state index is 0.00947. The molecule has 0 unspecified atom stereocenters. The highest BCUT2D eigenvalue weighted by atomic mass is 79.9. The van der Waals surface area contributed by atoms with E-state index in [0.29, 0.717) is 26.1 Å². The molecule has 1 saturated heterocycles. The SMILES string of the molecule is O=C(Nc1cc(F)cc(Br)c1F)C1CCOCC1. The van der Waals surface area contributed by atoms with Crippen LogP contribution in [0.4, 0.5) is 14.5 Å². The lowest BCUT2D eigenvalue weighted by atomic mass is 9.99. The van der Waals surface area contributed by atoms with Gasteiger partial charge in [0.05, 0.1) is 10.2 Å². The third-order valence-electron chi connectivity index (χ3n) is 2.84. The molecule has 1 N–H and O–H groups in total. The van der Waals surface area contributed by atoms with Gasteiger partial charge in [0.25, 0.3) is 0 Å². The number of anilines is 1. The van der Waals surface area contributed by atoms with E-state index in [1.807, 2.05) is 0 Å². The molecule has 1 aromatic carbocycles. The molecular weight excluding hydrogens is 308 g/mol. The lowest BCUT2D eigenvalue weighted by Crippen LogP contribution is -2.28. The zero-order chi connectivity index (χ0) is 13.1. The Balaban J connectivity index is 2.11. The van der Waals surface area contributed by atoms with Crippen LogP contribution in [0.3, 0.4) is 0 Å². The molecule has 0 atom stereocenters. The van der Waals surface area contributed by atoms with Crippen LogP contribution < -0.4 is 5.32 Å². The van der Waals surface area contributed by atoms with Crippen LogP contribution in [-0.4, -0.2) is 19.1 Å². The van der Waals surface area contributed by atoms with Crippen molar-refractivity contribution >= 4 is 27.5 Å². The summed E-state index contributed by atoms with van der Waals surface area (Å²) in [4.78, 5) is 11.9. The van der Waals surface area contributed by atoms with Crippen molar-refractivity contribution in [2.75, 3.05) is 18.5 Å². The van der Waals surface area contributed by atoms with Gasteiger partial charge in [0, 0.05) is 25.2 Å². The average molecular weight is 320 g/mol. The van der Waals surface area contributed by atoms with Crippen molar-refractivity contribution in [3.05, 3.63) is 28.2 Å². The number of carbonyl (C=O) groups excluding carboxylic acids is 1. The molecule has 0 radical (unpaired) electrons. The molecule has 0 aromatic heterocycles. The summed E-state index contributed by atoms with van der Waals surface area (Å²) in [5, 5.41) is 2.42. The van der Waals surface area contributed by atoms with Crippen LogP contribution in [0.1, 0.15) is 12.8 Å². The van der Waals surface area contributed by atoms with Crippen LogP contribution in [0.25, 0.3) is 0 Å². The minimum Gasteiger partial charge on any atom is -0.381 e. The lowest BCUT2D eigenvalue weighted by Gasteiger charge is -2.21. The molecule has 3 nitrogen and oxygen atoms in total. The smallest absolute Gasteiger partial charge is 0.227 e. The van der Waals surface area contributed by atoms with Crippen LogP contribution in [0.2, 0.25) is 0 Å². The molecular formula is C12H12BrF2NO2. The molecule has 1 aliphatic heterocycles. The number of hydrogen-bond donors (Lipinski definition) is 1. The fraction of sp³-hybridized carbons (Fsp3) is 0.417. The predicted octanol–water partition coefficient (Wildman–Crippen LogP) is 3.09. The summed E-state index contributed by atoms with van der Waals surface area (Å²) in [6, 6.07) is 1.98. The van der Waals surface area contributed by atoms with Crippen molar-refractivity contribution < 1.29 is 18.3 Å². The van der Waals surface area contributed by atoms with Gasteiger partial charge in [-0.3, -0.25) is 4.79 Å². The fourth-order valence-electron chi connectivity index (χ4n) is 1.84. The number of halogens is 3. The number of nitrogens with one attached hydrogen (secondary N) is 1. The van der Waals surface area contributed by atoms with Crippen LogP contribution in [0.5, 0.6) is 0 Å². The molecule has 1 aliphatic rings. The summed E-state index contributed by atoms with van der Waals surface area (Å²) in [6.45, 7) is 1.04. The Morgan fingerprint density at radius 3 is 2.67 bits per heavy atom. The minimum atomic E-state index is -0.670. The number of carbonyl (C=O) groups is 1. The van der Waals surface area contributed by atoms with Gasteiger partial charge in [0.15, 0.2) is 5.82 Å². The zero-order valence-corrected chi connectivity index (χ0v) is 11.1. The van der Waals surface area contributed by atoms with Gasteiger partial charge < -0.3 is 10.1 Å². The molecule has 2 rings (SSSR count). The largest absolute Gasteiger partial charge is 0.381 e. The highest BCUT2D eigenvalue weighted by molar-refractivity contribution is 9.10. The molecule has 1 heterocycles. The average Bonchev–Trinajstić information content (AvgIpc) is 2.36. The van der Waals surface area contributed by atoms with E-state index < -0.39 is 11.6 Å². The van der Waals surface area contributed by atoms with Gasteiger partial charge in [-0.2, -0.15) is 0 Å². The van der Waals surface area contributed by atoms with E-state index in [2.05, 4.69) is 21.2 Å². The van der Waals surface area contributed by atoms with E-state index in [9.17, 15) is 13.6 Å². The lowest BCUT2D eigenvalue weighted by molar-refractivity contribution is -0.122. The Kier molecular flexibility index (Phi) is 4.29. The Morgan fingerprint density at radius 2 is 2.00 bits per heavy atom. The molecule has 98 valence electrons. The second-order valence-electron chi connectivity index (χ2n) is 4.13. The summed E-state index contributed by atoms with van der Waals surface area (Å²) in [5.41, 5.74) is -0.140. The van der Waals surface area contributed by atoms with Crippen molar-refractivity contribution in [1.82, 2.24) is 0 Å². The Hall–Kier alpha value is -1.01. The van der Waals surface area contributed by atoms with Crippen molar-refractivity contribution in [1.29, 1.82) is 0 Å². The van der Waals surface area contributed by atoms with Gasteiger partial charge in [-0.05, 0) is 34.8 Å². The molecule has 1 aromatic rings. The summed E-state index contributed by atoms with van der Waals surface area (Å²) in [6.07, 6.45) is 1.20. The van der Waals surface area contributed by atoms with E-state index in [0.717, 1.165) is 12.1 Å². The summed E-state index contributed by atoms with van der Waals surface area (Å²) < 4.78 is 31.9. The second kappa shape index (κ2) is 5.75. The maximum absolute atomic E-state index is 13.7. The van der Waals surface area contributed by atoms with E-state index in [-0.39, 0.29) is 22.0 Å². The van der Waals surface area contributed by atoms with Gasteiger partial charge in [0.1, 0.15) is 5.82 Å². The van der Waals surface area contributed by atoms with Crippen LogP contribution >= 0.6 is 15.9 Å². The maximum Gasteiger partial charge on any atom is 0.227 e. The van der Waals surface area contributed by atoms with E-state index in [1.54, 1.807) is 0 Å². The molecule has 0 spiro atoms. The van der Waals surface area contributed by atoms with Crippen LogP contribution in [0, 0.1) is 17.6 Å². The standard InChI is InChI=1S/C12H12BrF2NO2/c13-9-5-8(14)6-10(11(9)15)16-12(17)7-1-3-18-4-2-7/h5-7H,1-4H2,(H,16,17). The molecule has 0 bridgehead atoms. The molecule has 18 heavy (non-hydrogen) atoms. The molecule has 0 aliphatic carbocycles. The van der Waals surface area contributed by atoms with Crippen molar-refractivity contribution in [3.8, 4) is 0 Å². The number of benzene rings is 1. The third-order valence-corrected chi connectivity index (χ3v) is 3.42. The Bertz CT molecular complexity index is 462. The van der Waals surface area contributed by atoms with Crippen molar-refractivity contribution in [2.45, 2.75) is 12.8 Å². The quantitative estimate of drug-likeness (QED) is 0.851.